The van der Waals surface area contributed by atoms with Gasteiger partial charge in [0.15, 0.2) is 8.32 Å². The van der Waals surface area contributed by atoms with Crippen LogP contribution in [-0.2, 0) is 4.43 Å². The molecule has 0 radical (unpaired) electrons. The van der Waals surface area contributed by atoms with Crippen LogP contribution in [0.5, 0.6) is 0 Å². The zero-order chi connectivity index (χ0) is 15.3. The molecular formula is C16H34O2Si. The lowest BCUT2D eigenvalue weighted by Gasteiger charge is -2.37. The van der Waals surface area contributed by atoms with E-state index in [9.17, 15) is 0 Å². The van der Waals surface area contributed by atoms with Crippen LogP contribution in [0.4, 0.5) is 0 Å². The van der Waals surface area contributed by atoms with E-state index in [1.54, 1.807) is 0 Å². The van der Waals surface area contributed by atoms with Crippen LogP contribution in [0.3, 0.4) is 0 Å². The van der Waals surface area contributed by atoms with Gasteiger partial charge in [0.05, 0.1) is 6.61 Å². The van der Waals surface area contributed by atoms with Crippen molar-refractivity contribution in [3.05, 3.63) is 11.6 Å². The van der Waals surface area contributed by atoms with Crippen LogP contribution in [0.15, 0.2) is 11.6 Å². The molecule has 0 aliphatic rings. The summed E-state index contributed by atoms with van der Waals surface area (Å²) < 4.78 is 6.26. The van der Waals surface area contributed by atoms with Crippen LogP contribution < -0.4 is 0 Å². The number of hydrogen-bond donors (Lipinski definition) is 1. The van der Waals surface area contributed by atoms with E-state index in [0.717, 1.165) is 18.6 Å². The van der Waals surface area contributed by atoms with Gasteiger partial charge in [-0.1, -0.05) is 46.3 Å². The summed E-state index contributed by atoms with van der Waals surface area (Å²) in [5.74, 6) is 1.07. The maximum Gasteiger partial charge on any atom is 0.191 e. The monoisotopic (exact) mass is 286 g/mol. The SMILES string of the molecule is C/C(=C\[C@@H](C)C[C@@H](C)CO[Si](C)(C)C(C)(C)C)CO. The summed E-state index contributed by atoms with van der Waals surface area (Å²) >= 11 is 0. The first-order chi connectivity index (χ1) is 8.49. The summed E-state index contributed by atoms with van der Waals surface area (Å²) in [7, 11) is -1.61. The van der Waals surface area contributed by atoms with E-state index in [1.165, 1.54) is 0 Å². The van der Waals surface area contributed by atoms with Gasteiger partial charge in [-0.05, 0) is 43.3 Å². The Morgan fingerprint density at radius 2 is 1.79 bits per heavy atom. The van der Waals surface area contributed by atoms with E-state index >= 15 is 0 Å². The van der Waals surface area contributed by atoms with Crippen LogP contribution in [0.2, 0.25) is 18.1 Å². The second-order valence-electron chi connectivity index (χ2n) is 7.56. The fraction of sp³-hybridized carbons (Fsp3) is 0.875. The quantitative estimate of drug-likeness (QED) is 0.547. The molecule has 0 amide bonds. The lowest BCUT2D eigenvalue weighted by Crippen LogP contribution is -2.41. The van der Waals surface area contributed by atoms with Crippen molar-refractivity contribution in [1.82, 2.24) is 0 Å². The molecule has 0 unspecified atom stereocenters. The summed E-state index contributed by atoms with van der Waals surface area (Å²) in [5, 5.41) is 9.31. The molecule has 2 atom stereocenters. The van der Waals surface area contributed by atoms with Gasteiger partial charge in [0.25, 0.3) is 0 Å². The van der Waals surface area contributed by atoms with Crippen molar-refractivity contribution >= 4 is 8.32 Å². The largest absolute Gasteiger partial charge is 0.417 e. The number of hydrogen-bond acceptors (Lipinski definition) is 2. The summed E-state index contributed by atoms with van der Waals surface area (Å²) in [6.45, 7) is 18.9. The zero-order valence-corrected chi connectivity index (χ0v) is 15.2. The van der Waals surface area contributed by atoms with E-state index in [-0.39, 0.29) is 11.6 Å². The zero-order valence-electron chi connectivity index (χ0n) is 14.2. The summed E-state index contributed by atoms with van der Waals surface area (Å²) in [6, 6.07) is 0. The van der Waals surface area contributed by atoms with Crippen LogP contribution >= 0.6 is 0 Å². The molecule has 3 heteroatoms. The van der Waals surface area contributed by atoms with Crippen molar-refractivity contribution in [2.45, 2.75) is 66.1 Å². The van der Waals surface area contributed by atoms with Crippen LogP contribution in [0.25, 0.3) is 0 Å². The first-order valence-corrected chi connectivity index (χ1v) is 10.3. The highest BCUT2D eigenvalue weighted by Gasteiger charge is 2.37. The summed E-state index contributed by atoms with van der Waals surface area (Å²) in [5.41, 5.74) is 1.06. The van der Waals surface area contributed by atoms with Crippen LogP contribution in [-0.4, -0.2) is 26.6 Å². The number of aliphatic hydroxyl groups excluding tert-OH is 1. The minimum absolute atomic E-state index is 0.166. The molecule has 0 saturated carbocycles. The van der Waals surface area contributed by atoms with Gasteiger partial charge in [-0.25, -0.2) is 0 Å². The van der Waals surface area contributed by atoms with Gasteiger partial charge in [0.1, 0.15) is 0 Å². The third kappa shape index (κ3) is 7.28. The molecular weight excluding hydrogens is 252 g/mol. The van der Waals surface area contributed by atoms with Gasteiger partial charge >= 0.3 is 0 Å². The smallest absolute Gasteiger partial charge is 0.191 e. The highest BCUT2D eigenvalue weighted by molar-refractivity contribution is 6.74. The average molecular weight is 287 g/mol. The van der Waals surface area contributed by atoms with Gasteiger partial charge in [0, 0.05) is 6.61 Å². The maximum atomic E-state index is 9.03. The standard InChI is InChI=1S/C16H34O2Si/c1-13(9-14(2)11-17)10-15(3)12-18-19(7,8)16(4,5)6/h9,13,15,17H,10-12H2,1-8H3/b14-9+/t13-,15-/m1/s1. The first-order valence-electron chi connectivity index (χ1n) is 7.41. The molecule has 0 spiro atoms. The van der Waals surface area contributed by atoms with Crippen molar-refractivity contribution in [2.75, 3.05) is 13.2 Å². The minimum atomic E-state index is -1.61. The molecule has 0 aromatic carbocycles. The Hall–Kier alpha value is -0.123. The topological polar surface area (TPSA) is 29.5 Å². The second kappa shape index (κ2) is 7.60. The van der Waals surface area contributed by atoms with Crippen LogP contribution in [0.1, 0.15) is 48.0 Å². The molecule has 0 aliphatic carbocycles. The molecule has 0 saturated heterocycles. The van der Waals surface area contributed by atoms with Crippen molar-refractivity contribution < 1.29 is 9.53 Å². The lowest BCUT2D eigenvalue weighted by atomic mass is 9.96. The molecule has 0 aromatic heterocycles. The average Bonchev–Trinajstić information content (AvgIpc) is 2.24. The molecule has 0 heterocycles. The van der Waals surface area contributed by atoms with Crippen molar-refractivity contribution in [2.24, 2.45) is 11.8 Å². The molecule has 114 valence electrons. The normalized spacial score (nSPS) is 17.4. The summed E-state index contributed by atoms with van der Waals surface area (Å²) in [4.78, 5) is 0. The number of rotatable bonds is 7. The Morgan fingerprint density at radius 3 is 2.21 bits per heavy atom. The first kappa shape index (κ1) is 18.9. The Balaban J connectivity index is 4.24. The van der Waals surface area contributed by atoms with Gasteiger partial charge in [-0.3, -0.25) is 0 Å². The molecule has 1 N–H and O–H groups in total. The van der Waals surface area contributed by atoms with Crippen molar-refractivity contribution in [3.63, 3.8) is 0 Å². The maximum absolute atomic E-state index is 9.03. The number of allylic oxidation sites excluding steroid dienone is 1. The summed E-state index contributed by atoms with van der Waals surface area (Å²) in [6.07, 6.45) is 3.29. The lowest BCUT2D eigenvalue weighted by molar-refractivity contribution is 0.223. The van der Waals surface area contributed by atoms with Crippen molar-refractivity contribution in [1.29, 1.82) is 0 Å². The van der Waals surface area contributed by atoms with E-state index in [1.807, 2.05) is 6.92 Å². The number of aliphatic hydroxyl groups is 1. The van der Waals surface area contributed by atoms with E-state index in [4.69, 9.17) is 9.53 Å². The van der Waals surface area contributed by atoms with Gasteiger partial charge in [-0.15, -0.1) is 0 Å². The molecule has 0 rings (SSSR count). The minimum Gasteiger partial charge on any atom is -0.417 e. The molecule has 19 heavy (non-hydrogen) atoms. The fourth-order valence-electron chi connectivity index (χ4n) is 1.88. The predicted octanol–water partition coefficient (Wildman–Crippen LogP) is 4.61. The van der Waals surface area contributed by atoms with Gasteiger partial charge < -0.3 is 9.53 Å². The molecule has 0 aromatic rings. The molecule has 2 nitrogen and oxygen atoms in total. The fourth-order valence-corrected chi connectivity index (χ4v) is 3.01. The van der Waals surface area contributed by atoms with Gasteiger partial charge in [-0.2, -0.15) is 0 Å². The highest BCUT2D eigenvalue weighted by Crippen LogP contribution is 2.37. The molecule has 0 aliphatic heterocycles. The predicted molar refractivity (Wildman–Crippen MR) is 86.9 cm³/mol. The molecule has 0 fully saturated rings. The third-order valence-electron chi connectivity index (χ3n) is 4.13. The Bertz CT molecular complexity index is 290. The van der Waals surface area contributed by atoms with E-state index in [0.29, 0.717) is 11.8 Å². The Kier molecular flexibility index (Phi) is 7.55. The van der Waals surface area contributed by atoms with Crippen LogP contribution in [0, 0.1) is 11.8 Å². The van der Waals surface area contributed by atoms with Gasteiger partial charge in [0.2, 0.25) is 0 Å². The second-order valence-corrected chi connectivity index (χ2v) is 12.4. The van der Waals surface area contributed by atoms with E-state index < -0.39 is 8.32 Å². The van der Waals surface area contributed by atoms with Crippen molar-refractivity contribution in [3.8, 4) is 0 Å². The van der Waals surface area contributed by atoms with E-state index in [2.05, 4.69) is 53.8 Å². The Morgan fingerprint density at radius 1 is 1.26 bits per heavy atom. The molecule has 0 bridgehead atoms. The third-order valence-corrected chi connectivity index (χ3v) is 8.63. The highest BCUT2D eigenvalue weighted by atomic mass is 28.4. The Labute approximate surface area is 121 Å².